The lowest BCUT2D eigenvalue weighted by Gasteiger charge is -2.32. The van der Waals surface area contributed by atoms with Crippen LogP contribution in [0.3, 0.4) is 0 Å². The largest absolute Gasteiger partial charge is 0.481 e. The fourth-order valence-corrected chi connectivity index (χ4v) is 3.38. The number of benzene rings is 2. The molecule has 0 radical (unpaired) electrons. The SMILES string of the molecule is Cc1cc(C(=O)NCC(=O)N2Cc3ccccc3C(C(=O)O)C2)ccc1[N+](=O)[O-]. The summed E-state index contributed by atoms with van der Waals surface area (Å²) in [6.45, 7) is 1.52. The Labute approximate surface area is 166 Å². The Kier molecular flexibility index (Phi) is 5.58. The van der Waals surface area contributed by atoms with E-state index in [0.717, 1.165) is 5.56 Å². The maximum Gasteiger partial charge on any atom is 0.312 e. The van der Waals surface area contributed by atoms with Crippen molar-refractivity contribution in [3.05, 3.63) is 74.8 Å². The van der Waals surface area contributed by atoms with Gasteiger partial charge in [-0.15, -0.1) is 0 Å². The number of carbonyl (C=O) groups is 3. The summed E-state index contributed by atoms with van der Waals surface area (Å²) >= 11 is 0. The standard InChI is InChI=1S/C20H19N3O6/c1-12-8-13(6-7-17(12)23(28)29)19(25)21-9-18(24)22-10-14-4-2-3-5-15(14)16(11-22)20(26)27/h2-8,16H,9-11H2,1H3,(H,21,25)(H,26,27). The van der Waals surface area contributed by atoms with Crippen molar-refractivity contribution in [2.45, 2.75) is 19.4 Å². The number of hydrogen-bond donors (Lipinski definition) is 2. The third-order valence-corrected chi connectivity index (χ3v) is 4.90. The van der Waals surface area contributed by atoms with Crippen LogP contribution in [-0.2, 0) is 16.1 Å². The van der Waals surface area contributed by atoms with Crippen LogP contribution in [0.2, 0.25) is 0 Å². The van der Waals surface area contributed by atoms with Crippen LogP contribution in [0, 0.1) is 17.0 Å². The molecule has 9 heteroatoms. The minimum atomic E-state index is -1.01. The molecule has 2 aromatic rings. The molecule has 150 valence electrons. The Bertz CT molecular complexity index is 1000. The average Bonchev–Trinajstić information content (AvgIpc) is 2.70. The maximum absolute atomic E-state index is 12.6. The van der Waals surface area contributed by atoms with Gasteiger partial charge in [0.25, 0.3) is 11.6 Å². The van der Waals surface area contributed by atoms with Crippen molar-refractivity contribution in [1.29, 1.82) is 0 Å². The van der Waals surface area contributed by atoms with Crippen LogP contribution in [-0.4, -0.2) is 45.8 Å². The molecular formula is C20H19N3O6. The molecule has 1 aliphatic heterocycles. The van der Waals surface area contributed by atoms with Gasteiger partial charge in [-0.05, 0) is 30.2 Å². The molecule has 0 fully saturated rings. The molecule has 2 amide bonds. The fourth-order valence-electron chi connectivity index (χ4n) is 3.38. The number of nitrogens with zero attached hydrogens (tertiary/aromatic N) is 2. The van der Waals surface area contributed by atoms with Gasteiger partial charge in [0, 0.05) is 30.3 Å². The van der Waals surface area contributed by atoms with Crippen LogP contribution in [0.15, 0.2) is 42.5 Å². The van der Waals surface area contributed by atoms with Crippen molar-refractivity contribution < 1.29 is 24.4 Å². The molecule has 9 nitrogen and oxygen atoms in total. The average molecular weight is 397 g/mol. The second-order valence-electron chi connectivity index (χ2n) is 6.80. The molecule has 0 saturated carbocycles. The van der Waals surface area contributed by atoms with Crippen molar-refractivity contribution in [3.8, 4) is 0 Å². The van der Waals surface area contributed by atoms with Gasteiger partial charge in [-0.2, -0.15) is 0 Å². The lowest BCUT2D eigenvalue weighted by atomic mass is 9.90. The highest BCUT2D eigenvalue weighted by molar-refractivity contribution is 5.97. The number of aliphatic carboxylic acids is 1. The summed E-state index contributed by atoms with van der Waals surface area (Å²) in [7, 11) is 0. The number of nitro benzene ring substituents is 1. The van der Waals surface area contributed by atoms with Crippen molar-refractivity contribution in [2.24, 2.45) is 0 Å². The van der Waals surface area contributed by atoms with Crippen LogP contribution in [0.5, 0.6) is 0 Å². The number of carboxylic acid groups (broad SMARTS) is 1. The fraction of sp³-hybridized carbons (Fsp3) is 0.250. The second-order valence-corrected chi connectivity index (χ2v) is 6.80. The van der Waals surface area contributed by atoms with Crippen LogP contribution in [0.25, 0.3) is 0 Å². The highest BCUT2D eigenvalue weighted by Gasteiger charge is 2.32. The van der Waals surface area contributed by atoms with E-state index in [9.17, 15) is 29.6 Å². The number of nitro groups is 1. The van der Waals surface area contributed by atoms with Crippen LogP contribution in [0.4, 0.5) is 5.69 Å². The summed E-state index contributed by atoms with van der Waals surface area (Å²) < 4.78 is 0. The number of nitrogens with one attached hydrogen (secondary N) is 1. The lowest BCUT2D eigenvalue weighted by molar-refractivity contribution is -0.385. The molecular weight excluding hydrogens is 378 g/mol. The van der Waals surface area contributed by atoms with Gasteiger partial charge >= 0.3 is 5.97 Å². The molecule has 1 unspecified atom stereocenters. The van der Waals surface area contributed by atoms with Gasteiger partial charge in [-0.3, -0.25) is 24.5 Å². The highest BCUT2D eigenvalue weighted by atomic mass is 16.6. The molecule has 2 N–H and O–H groups in total. The second kappa shape index (κ2) is 8.09. The number of fused-ring (bicyclic) bond motifs is 1. The molecule has 0 aromatic heterocycles. The van der Waals surface area contributed by atoms with E-state index in [-0.39, 0.29) is 30.9 Å². The Morgan fingerprint density at radius 3 is 2.62 bits per heavy atom. The summed E-state index contributed by atoms with van der Waals surface area (Å²) in [6, 6.07) is 11.0. The van der Waals surface area contributed by atoms with Crippen LogP contribution in [0.1, 0.15) is 33.0 Å². The zero-order chi connectivity index (χ0) is 21.1. The third kappa shape index (κ3) is 4.23. The molecule has 0 bridgehead atoms. The minimum absolute atomic E-state index is 0.0255. The number of carbonyl (C=O) groups excluding carboxylic acids is 2. The lowest BCUT2D eigenvalue weighted by Crippen LogP contribution is -2.45. The van der Waals surface area contributed by atoms with Crippen LogP contribution < -0.4 is 5.32 Å². The Hall–Kier alpha value is -3.75. The zero-order valence-corrected chi connectivity index (χ0v) is 15.6. The maximum atomic E-state index is 12.6. The first kappa shape index (κ1) is 20.0. The molecule has 1 heterocycles. The van der Waals surface area contributed by atoms with Gasteiger partial charge in [0.2, 0.25) is 5.91 Å². The van der Waals surface area contributed by atoms with Gasteiger partial charge in [0.05, 0.1) is 17.4 Å². The zero-order valence-electron chi connectivity index (χ0n) is 15.6. The van der Waals surface area contributed by atoms with E-state index in [2.05, 4.69) is 5.32 Å². The first-order valence-corrected chi connectivity index (χ1v) is 8.89. The quantitative estimate of drug-likeness (QED) is 0.585. The van der Waals surface area contributed by atoms with E-state index >= 15 is 0 Å². The minimum Gasteiger partial charge on any atom is -0.481 e. The molecule has 29 heavy (non-hydrogen) atoms. The van der Waals surface area contributed by atoms with E-state index in [1.807, 2.05) is 0 Å². The first-order chi connectivity index (χ1) is 13.8. The smallest absolute Gasteiger partial charge is 0.312 e. The molecule has 1 aliphatic rings. The van der Waals surface area contributed by atoms with Crippen LogP contribution >= 0.6 is 0 Å². The number of aryl methyl sites for hydroxylation is 1. The monoisotopic (exact) mass is 397 g/mol. The van der Waals surface area contributed by atoms with Gasteiger partial charge in [-0.25, -0.2) is 0 Å². The van der Waals surface area contributed by atoms with Gasteiger partial charge in [-0.1, -0.05) is 24.3 Å². The topological polar surface area (TPSA) is 130 Å². The normalized spacial score (nSPS) is 15.3. The van der Waals surface area contributed by atoms with E-state index in [1.54, 1.807) is 24.3 Å². The van der Waals surface area contributed by atoms with Crippen molar-refractivity contribution in [1.82, 2.24) is 10.2 Å². The molecule has 2 aromatic carbocycles. The molecule has 3 rings (SSSR count). The molecule has 0 spiro atoms. The number of rotatable bonds is 5. The Morgan fingerprint density at radius 2 is 1.97 bits per heavy atom. The van der Waals surface area contributed by atoms with Gasteiger partial charge < -0.3 is 15.3 Å². The molecule has 0 saturated heterocycles. The summed E-state index contributed by atoms with van der Waals surface area (Å²) in [4.78, 5) is 48.2. The van der Waals surface area contributed by atoms with E-state index in [1.165, 1.54) is 30.0 Å². The molecule has 0 aliphatic carbocycles. The summed E-state index contributed by atoms with van der Waals surface area (Å²) in [5, 5.41) is 22.8. The molecule has 1 atom stereocenters. The summed E-state index contributed by atoms with van der Waals surface area (Å²) in [5.74, 6) is -2.78. The Balaban J connectivity index is 1.66. The van der Waals surface area contributed by atoms with E-state index in [4.69, 9.17) is 0 Å². The van der Waals surface area contributed by atoms with Crippen molar-refractivity contribution >= 4 is 23.5 Å². The number of carboxylic acids is 1. The van der Waals surface area contributed by atoms with Crippen molar-refractivity contribution in [3.63, 3.8) is 0 Å². The van der Waals surface area contributed by atoms with Crippen molar-refractivity contribution in [2.75, 3.05) is 13.1 Å². The van der Waals surface area contributed by atoms with E-state index in [0.29, 0.717) is 11.1 Å². The third-order valence-electron chi connectivity index (χ3n) is 4.90. The van der Waals surface area contributed by atoms with Gasteiger partial charge in [0.15, 0.2) is 0 Å². The van der Waals surface area contributed by atoms with E-state index < -0.39 is 28.6 Å². The highest BCUT2D eigenvalue weighted by Crippen LogP contribution is 2.28. The summed E-state index contributed by atoms with van der Waals surface area (Å²) in [5.41, 5.74) is 1.90. The predicted octanol–water partition coefficient (Wildman–Crippen LogP) is 1.84. The Morgan fingerprint density at radius 1 is 1.24 bits per heavy atom. The predicted molar refractivity (Wildman–Crippen MR) is 102 cm³/mol. The first-order valence-electron chi connectivity index (χ1n) is 8.89. The summed E-state index contributed by atoms with van der Waals surface area (Å²) in [6.07, 6.45) is 0. The number of hydrogen-bond acceptors (Lipinski definition) is 5. The van der Waals surface area contributed by atoms with Gasteiger partial charge in [0.1, 0.15) is 0 Å². The number of amides is 2.